The maximum Gasteiger partial charge on any atom is 0.347 e. The van der Waals surface area contributed by atoms with Crippen molar-refractivity contribution in [3.05, 3.63) is 30.3 Å². The fourth-order valence-electron chi connectivity index (χ4n) is 3.79. The van der Waals surface area contributed by atoms with Crippen LogP contribution in [-0.2, 0) is 14.4 Å². The van der Waals surface area contributed by atoms with Crippen molar-refractivity contribution in [2.45, 2.75) is 41.5 Å². The highest BCUT2D eigenvalue weighted by molar-refractivity contribution is 7.94. The number of sulfone groups is 1. The third-order valence-corrected chi connectivity index (χ3v) is 9.35. The predicted molar refractivity (Wildman–Crippen MR) is 80.8 cm³/mol. The lowest BCUT2D eigenvalue weighted by molar-refractivity contribution is 0.357. The van der Waals surface area contributed by atoms with Crippen molar-refractivity contribution >= 4 is 17.4 Å². The summed E-state index contributed by atoms with van der Waals surface area (Å²) in [5.74, 6) is -0.888. The zero-order valence-electron chi connectivity index (χ0n) is 12.3. The molecule has 1 fully saturated rings. The second-order valence-electron chi connectivity index (χ2n) is 5.44. The Bertz CT molecular complexity index is 766. The summed E-state index contributed by atoms with van der Waals surface area (Å²) in [6.07, 6.45) is 0.181. The molecule has 2 N–H and O–H groups in total. The molecule has 1 saturated carbocycles. The van der Waals surface area contributed by atoms with Gasteiger partial charge in [0.25, 0.3) is 0 Å². The minimum absolute atomic E-state index is 0.0131. The average Bonchev–Trinajstić information content (AvgIpc) is 3.12. The number of hydrogen-bond acceptors (Lipinski definition) is 4. The maximum absolute atomic E-state index is 13.0. The number of nitriles is 1. The van der Waals surface area contributed by atoms with E-state index in [4.69, 9.17) is 0 Å². The van der Waals surface area contributed by atoms with Gasteiger partial charge in [-0.3, -0.25) is 4.57 Å². The van der Waals surface area contributed by atoms with E-state index in [0.717, 1.165) is 0 Å². The fraction of sp³-hybridized carbons (Fsp3) is 0.500. The third kappa shape index (κ3) is 1.79. The molecule has 1 aromatic carbocycles. The van der Waals surface area contributed by atoms with Gasteiger partial charge in [-0.2, -0.15) is 5.26 Å². The van der Waals surface area contributed by atoms with Gasteiger partial charge in [-0.1, -0.05) is 32.0 Å². The average molecular weight is 343 g/mol. The second kappa shape index (κ2) is 5.17. The molecule has 1 aliphatic rings. The molecule has 3 atom stereocenters. The zero-order valence-corrected chi connectivity index (χ0v) is 14.0. The molecular weight excluding hydrogens is 325 g/mol. The second-order valence-corrected chi connectivity index (χ2v) is 9.44. The van der Waals surface area contributed by atoms with Crippen molar-refractivity contribution in [1.29, 1.82) is 5.26 Å². The lowest BCUT2D eigenvalue weighted by Crippen LogP contribution is -2.33. The summed E-state index contributed by atoms with van der Waals surface area (Å²) in [5, 5.41) is 7.30. The van der Waals surface area contributed by atoms with E-state index < -0.39 is 33.3 Å². The van der Waals surface area contributed by atoms with E-state index in [-0.39, 0.29) is 17.7 Å². The van der Waals surface area contributed by atoms with Gasteiger partial charge in [-0.25, -0.2) is 8.42 Å². The lowest BCUT2D eigenvalue weighted by atomic mass is 10.2. The summed E-state index contributed by atoms with van der Waals surface area (Å²) in [5.41, 5.74) is 0. The van der Waals surface area contributed by atoms with Gasteiger partial charge in [-0.05, 0) is 25.0 Å². The van der Waals surface area contributed by atoms with Crippen LogP contribution >= 0.6 is 7.60 Å². The van der Waals surface area contributed by atoms with Gasteiger partial charge in [0.1, 0.15) is 4.75 Å². The molecule has 120 valence electrons. The zero-order chi connectivity index (χ0) is 16.8. The summed E-state index contributed by atoms with van der Waals surface area (Å²) in [6, 6.07) is 9.19. The molecule has 0 heterocycles. The Kier molecular flexibility index (Phi) is 4.04. The molecule has 3 unspecified atom stereocenters. The van der Waals surface area contributed by atoms with E-state index in [1.807, 2.05) is 0 Å². The monoisotopic (exact) mass is 343 g/mol. The fourth-order valence-corrected chi connectivity index (χ4v) is 8.85. The SMILES string of the molecule is CCC1C(C#N)(P(=O)(O)O)C1(CC)S(=O)(=O)c1ccccc1. The van der Waals surface area contributed by atoms with E-state index in [1.54, 1.807) is 38.1 Å². The molecule has 2 rings (SSSR count). The smallest absolute Gasteiger partial charge is 0.323 e. The first-order valence-electron chi connectivity index (χ1n) is 6.94. The predicted octanol–water partition coefficient (Wildman–Crippen LogP) is 2.09. The van der Waals surface area contributed by atoms with Crippen molar-refractivity contribution in [3.63, 3.8) is 0 Å². The summed E-state index contributed by atoms with van der Waals surface area (Å²) < 4.78 is 36.3. The van der Waals surface area contributed by atoms with Gasteiger partial charge < -0.3 is 9.79 Å². The quantitative estimate of drug-likeness (QED) is 0.791. The Morgan fingerprint density at radius 1 is 1.27 bits per heavy atom. The van der Waals surface area contributed by atoms with Crippen LogP contribution in [0.3, 0.4) is 0 Å². The number of benzene rings is 1. The molecule has 0 aromatic heterocycles. The van der Waals surface area contributed by atoms with Crippen LogP contribution in [0.4, 0.5) is 0 Å². The molecule has 0 aliphatic heterocycles. The Hall–Kier alpha value is -1.19. The van der Waals surface area contributed by atoms with Gasteiger partial charge in [0.05, 0.1) is 11.0 Å². The molecule has 22 heavy (non-hydrogen) atoms. The van der Waals surface area contributed by atoms with Crippen LogP contribution in [0.25, 0.3) is 0 Å². The highest BCUT2D eigenvalue weighted by atomic mass is 32.2. The Morgan fingerprint density at radius 3 is 2.14 bits per heavy atom. The van der Waals surface area contributed by atoms with Crippen molar-refractivity contribution in [2.75, 3.05) is 0 Å². The van der Waals surface area contributed by atoms with Crippen LogP contribution < -0.4 is 0 Å². The van der Waals surface area contributed by atoms with Crippen LogP contribution in [0.5, 0.6) is 0 Å². The highest BCUT2D eigenvalue weighted by Crippen LogP contribution is 2.79. The number of hydrogen-bond donors (Lipinski definition) is 2. The van der Waals surface area contributed by atoms with Crippen LogP contribution in [0.1, 0.15) is 26.7 Å². The largest absolute Gasteiger partial charge is 0.347 e. The van der Waals surface area contributed by atoms with Crippen LogP contribution in [0.2, 0.25) is 0 Å². The van der Waals surface area contributed by atoms with Gasteiger partial charge in [0.2, 0.25) is 0 Å². The lowest BCUT2D eigenvalue weighted by Gasteiger charge is -2.21. The molecule has 6 nitrogen and oxygen atoms in total. The van der Waals surface area contributed by atoms with Gasteiger partial charge in [-0.15, -0.1) is 0 Å². The minimum atomic E-state index is -4.93. The molecule has 0 amide bonds. The summed E-state index contributed by atoms with van der Waals surface area (Å²) in [4.78, 5) is 19.4. The van der Waals surface area contributed by atoms with Gasteiger partial charge in [0, 0.05) is 5.92 Å². The van der Waals surface area contributed by atoms with Gasteiger partial charge in [0.15, 0.2) is 15.0 Å². The summed E-state index contributed by atoms with van der Waals surface area (Å²) >= 11 is 0. The molecular formula is C14H18NO5PS. The first kappa shape index (κ1) is 17.2. The Morgan fingerprint density at radius 2 is 1.82 bits per heavy atom. The maximum atomic E-state index is 13.0. The number of nitrogens with zero attached hydrogens (tertiary/aromatic N) is 1. The van der Waals surface area contributed by atoms with Crippen LogP contribution in [0.15, 0.2) is 35.2 Å². The van der Waals surface area contributed by atoms with Crippen molar-refractivity contribution in [1.82, 2.24) is 0 Å². The van der Waals surface area contributed by atoms with Crippen molar-refractivity contribution < 1.29 is 22.8 Å². The van der Waals surface area contributed by atoms with Crippen molar-refractivity contribution in [2.24, 2.45) is 5.92 Å². The number of rotatable bonds is 5. The summed E-state index contributed by atoms with van der Waals surface area (Å²) in [6.45, 7) is 3.20. The highest BCUT2D eigenvalue weighted by Gasteiger charge is 2.89. The van der Waals surface area contributed by atoms with E-state index >= 15 is 0 Å². The van der Waals surface area contributed by atoms with Crippen molar-refractivity contribution in [3.8, 4) is 6.07 Å². The van der Waals surface area contributed by atoms with Crippen LogP contribution in [0, 0.1) is 17.2 Å². The molecule has 0 bridgehead atoms. The Balaban J connectivity index is 2.76. The normalized spacial score (nSPS) is 31.5. The molecule has 0 radical (unpaired) electrons. The standard InChI is InChI=1S/C14H18NO5PS/c1-3-12-13(10-15,21(16,17)18)14(12,4-2)22(19,20)11-8-6-5-7-9-11/h5-9,12H,3-4H2,1-2H3,(H2,16,17,18). The molecule has 0 saturated heterocycles. The van der Waals surface area contributed by atoms with E-state index in [0.29, 0.717) is 0 Å². The van der Waals surface area contributed by atoms with Gasteiger partial charge >= 0.3 is 7.60 Å². The topological polar surface area (TPSA) is 115 Å². The first-order chi connectivity index (χ1) is 10.2. The minimum Gasteiger partial charge on any atom is -0.323 e. The van der Waals surface area contributed by atoms with Crippen LogP contribution in [-0.4, -0.2) is 28.1 Å². The Labute approximate surface area is 129 Å². The van der Waals surface area contributed by atoms with E-state index in [1.165, 1.54) is 12.1 Å². The first-order valence-corrected chi connectivity index (χ1v) is 10.0. The third-order valence-electron chi connectivity index (χ3n) is 4.73. The van der Waals surface area contributed by atoms with E-state index in [2.05, 4.69) is 0 Å². The molecule has 1 aliphatic carbocycles. The summed E-state index contributed by atoms with van der Waals surface area (Å²) in [7, 11) is -8.98. The van der Waals surface area contributed by atoms with E-state index in [9.17, 15) is 28.0 Å². The molecule has 1 aromatic rings. The molecule has 8 heteroatoms. The molecule has 0 spiro atoms.